The van der Waals surface area contributed by atoms with E-state index in [2.05, 4.69) is 57.7 Å². The summed E-state index contributed by atoms with van der Waals surface area (Å²) in [6.07, 6.45) is 2.06. The molecule has 3 atom stereocenters. The predicted molar refractivity (Wildman–Crippen MR) is 129 cm³/mol. The summed E-state index contributed by atoms with van der Waals surface area (Å²) in [4.78, 5) is 18.9. The predicted octanol–water partition coefficient (Wildman–Crippen LogP) is 4.86. The number of piperidine rings is 1. The molecule has 7 heteroatoms. The number of fused-ring (bicyclic) bond motifs is 3. The quantitative estimate of drug-likeness (QED) is 0.561. The van der Waals surface area contributed by atoms with Crippen molar-refractivity contribution in [1.29, 1.82) is 0 Å². The van der Waals surface area contributed by atoms with Crippen molar-refractivity contribution in [2.24, 2.45) is 0 Å². The summed E-state index contributed by atoms with van der Waals surface area (Å²) < 4.78 is 2.46. The summed E-state index contributed by atoms with van der Waals surface area (Å²) in [6.45, 7) is 3.03. The third-order valence-corrected chi connectivity index (χ3v) is 8.20. The molecule has 2 saturated heterocycles. The van der Waals surface area contributed by atoms with Crippen LogP contribution in [0.5, 0.6) is 0 Å². The van der Waals surface area contributed by atoms with E-state index in [4.69, 9.17) is 4.98 Å². The molecule has 2 aliphatic rings. The van der Waals surface area contributed by atoms with Gasteiger partial charge < -0.3 is 15.0 Å². The molecular weight excluding hydrogens is 420 g/mol. The molecule has 2 bridgehead atoms. The van der Waals surface area contributed by atoms with E-state index in [0.29, 0.717) is 18.1 Å². The van der Waals surface area contributed by atoms with Crippen molar-refractivity contribution in [2.75, 3.05) is 18.1 Å². The van der Waals surface area contributed by atoms with Crippen molar-refractivity contribution >= 4 is 28.9 Å². The number of amides is 1. The number of carboxylic acid groups (broad SMARTS) is 1. The van der Waals surface area contributed by atoms with Crippen LogP contribution in [0.25, 0.3) is 11.0 Å². The van der Waals surface area contributed by atoms with E-state index in [1.54, 1.807) is 0 Å². The Labute approximate surface area is 193 Å². The van der Waals surface area contributed by atoms with E-state index >= 15 is 0 Å². The highest BCUT2D eigenvalue weighted by Crippen LogP contribution is 2.40. The van der Waals surface area contributed by atoms with Gasteiger partial charge in [-0.1, -0.05) is 42.5 Å². The third kappa shape index (κ3) is 4.24. The number of nitrogens with one attached hydrogen (secondary N) is 1. The number of thioether (sulfide) groups is 1. The highest BCUT2D eigenvalue weighted by atomic mass is 32.2. The highest BCUT2D eigenvalue weighted by Gasteiger charge is 2.40. The summed E-state index contributed by atoms with van der Waals surface area (Å²) in [5.41, 5.74) is 3.35. The monoisotopic (exact) mass is 450 g/mol. The van der Waals surface area contributed by atoms with Crippen LogP contribution in [0, 0.1) is 6.92 Å². The van der Waals surface area contributed by atoms with Crippen molar-refractivity contribution in [2.45, 2.75) is 50.4 Å². The fourth-order valence-corrected chi connectivity index (χ4v) is 6.93. The van der Waals surface area contributed by atoms with E-state index in [1.165, 1.54) is 5.52 Å². The minimum Gasteiger partial charge on any atom is -0.465 e. The van der Waals surface area contributed by atoms with Gasteiger partial charge in [-0.2, -0.15) is 11.8 Å². The summed E-state index contributed by atoms with van der Waals surface area (Å²) in [6, 6.07) is 19.7. The number of imidazole rings is 1. The SMILES string of the molecule is Cc1nc2ccccc2n1C1CC2CSCC(C1)N2CC[C@H](NC(=O)O)c1ccccc1. The Morgan fingerprint density at radius 1 is 1.09 bits per heavy atom. The minimum atomic E-state index is -0.962. The number of hydrogen-bond donors (Lipinski definition) is 2. The smallest absolute Gasteiger partial charge is 0.405 e. The zero-order valence-corrected chi connectivity index (χ0v) is 19.2. The Kier molecular flexibility index (Phi) is 6.11. The number of aryl methyl sites for hydroxylation is 1. The van der Waals surface area contributed by atoms with E-state index < -0.39 is 6.09 Å². The van der Waals surface area contributed by atoms with Gasteiger partial charge in [-0.15, -0.1) is 0 Å². The lowest BCUT2D eigenvalue weighted by Gasteiger charge is -2.49. The number of aromatic nitrogens is 2. The zero-order valence-electron chi connectivity index (χ0n) is 18.4. The lowest BCUT2D eigenvalue weighted by Crippen LogP contribution is -2.55. The molecule has 0 radical (unpaired) electrons. The highest BCUT2D eigenvalue weighted by molar-refractivity contribution is 7.99. The standard InChI is InChI=1S/C25H30N4O2S/c1-17-26-23-9-5-6-10-24(23)29(17)19-13-20-15-32-16-21(14-19)28(20)12-11-22(27-25(30)31)18-7-3-2-4-8-18/h2-10,19-22,27H,11-16H2,1H3,(H,30,31)/t19?,20?,21?,22-/m0/s1. The molecule has 3 aromatic rings. The second-order valence-electron chi connectivity index (χ2n) is 8.93. The topological polar surface area (TPSA) is 70.4 Å². The van der Waals surface area contributed by atoms with Crippen LogP contribution in [0.2, 0.25) is 0 Å². The van der Waals surface area contributed by atoms with Gasteiger partial charge in [0.15, 0.2) is 0 Å². The Bertz CT molecular complexity index is 1070. The van der Waals surface area contributed by atoms with Gasteiger partial charge in [0, 0.05) is 36.2 Å². The molecule has 2 N–H and O–H groups in total. The maximum atomic E-state index is 11.4. The molecule has 5 rings (SSSR count). The first kappa shape index (κ1) is 21.3. The number of benzene rings is 2. The minimum absolute atomic E-state index is 0.181. The van der Waals surface area contributed by atoms with E-state index in [9.17, 15) is 9.90 Å². The van der Waals surface area contributed by atoms with Crippen LogP contribution < -0.4 is 5.32 Å². The number of carbonyl (C=O) groups is 1. The average Bonchev–Trinajstić information content (AvgIpc) is 3.12. The third-order valence-electron chi connectivity index (χ3n) is 6.96. The van der Waals surface area contributed by atoms with Crippen molar-refractivity contribution in [3.05, 3.63) is 66.0 Å². The zero-order chi connectivity index (χ0) is 22.1. The van der Waals surface area contributed by atoms with Gasteiger partial charge in [-0.3, -0.25) is 4.90 Å². The molecule has 1 aromatic heterocycles. The van der Waals surface area contributed by atoms with Gasteiger partial charge in [0.2, 0.25) is 0 Å². The maximum Gasteiger partial charge on any atom is 0.405 e. The van der Waals surface area contributed by atoms with E-state index in [0.717, 1.165) is 54.2 Å². The number of para-hydroxylation sites is 2. The molecule has 2 aromatic carbocycles. The molecule has 2 unspecified atom stereocenters. The van der Waals surface area contributed by atoms with Crippen LogP contribution in [0.15, 0.2) is 54.6 Å². The molecule has 32 heavy (non-hydrogen) atoms. The second kappa shape index (κ2) is 9.16. The fourth-order valence-electron chi connectivity index (χ4n) is 5.60. The van der Waals surface area contributed by atoms with Gasteiger partial charge in [0.05, 0.1) is 17.1 Å². The Morgan fingerprint density at radius 3 is 2.50 bits per heavy atom. The van der Waals surface area contributed by atoms with E-state index in [-0.39, 0.29) is 6.04 Å². The van der Waals surface area contributed by atoms with Crippen molar-refractivity contribution < 1.29 is 9.90 Å². The van der Waals surface area contributed by atoms with Gasteiger partial charge >= 0.3 is 6.09 Å². The molecule has 168 valence electrons. The largest absolute Gasteiger partial charge is 0.465 e. The first-order valence-electron chi connectivity index (χ1n) is 11.4. The lowest BCUT2D eigenvalue weighted by atomic mass is 9.90. The van der Waals surface area contributed by atoms with Gasteiger partial charge in [-0.25, -0.2) is 9.78 Å². The second-order valence-corrected chi connectivity index (χ2v) is 10.0. The summed E-state index contributed by atoms with van der Waals surface area (Å²) in [5.74, 6) is 3.38. The Morgan fingerprint density at radius 2 is 1.78 bits per heavy atom. The number of nitrogens with zero attached hydrogens (tertiary/aromatic N) is 3. The van der Waals surface area contributed by atoms with Crippen LogP contribution >= 0.6 is 11.8 Å². The number of hydrogen-bond acceptors (Lipinski definition) is 4. The fraction of sp³-hybridized carbons (Fsp3) is 0.440. The molecular formula is C25H30N4O2S. The van der Waals surface area contributed by atoms with Crippen LogP contribution in [-0.2, 0) is 0 Å². The van der Waals surface area contributed by atoms with Gasteiger partial charge in [0.1, 0.15) is 5.82 Å². The maximum absolute atomic E-state index is 11.4. The summed E-state index contributed by atoms with van der Waals surface area (Å²) in [7, 11) is 0. The Balaban J connectivity index is 1.33. The first-order chi connectivity index (χ1) is 15.6. The molecule has 2 fully saturated rings. The number of rotatable bonds is 6. The summed E-state index contributed by atoms with van der Waals surface area (Å²) in [5, 5.41) is 12.1. The van der Waals surface area contributed by atoms with Crippen molar-refractivity contribution in [3.63, 3.8) is 0 Å². The molecule has 0 spiro atoms. The van der Waals surface area contributed by atoms with E-state index in [1.807, 2.05) is 30.3 Å². The van der Waals surface area contributed by atoms with Crippen LogP contribution in [-0.4, -0.2) is 55.8 Å². The van der Waals surface area contributed by atoms with Crippen LogP contribution in [0.3, 0.4) is 0 Å². The van der Waals surface area contributed by atoms with Gasteiger partial charge in [0.25, 0.3) is 0 Å². The van der Waals surface area contributed by atoms with Crippen LogP contribution in [0.1, 0.15) is 42.7 Å². The van der Waals surface area contributed by atoms with Crippen molar-refractivity contribution in [3.8, 4) is 0 Å². The van der Waals surface area contributed by atoms with Gasteiger partial charge in [-0.05, 0) is 43.9 Å². The normalized spacial score (nSPS) is 24.3. The molecule has 2 aliphatic heterocycles. The lowest BCUT2D eigenvalue weighted by molar-refractivity contribution is 0.0691. The first-order valence-corrected chi connectivity index (χ1v) is 12.6. The van der Waals surface area contributed by atoms with Crippen LogP contribution in [0.4, 0.5) is 4.79 Å². The molecule has 0 saturated carbocycles. The molecule has 1 amide bonds. The molecule has 3 heterocycles. The Hall–Kier alpha value is -2.51. The van der Waals surface area contributed by atoms with Crippen molar-refractivity contribution in [1.82, 2.24) is 19.8 Å². The average molecular weight is 451 g/mol. The summed E-state index contributed by atoms with van der Waals surface area (Å²) >= 11 is 2.06. The molecule has 6 nitrogen and oxygen atoms in total. The molecule has 0 aliphatic carbocycles.